The Hall–Kier alpha value is -2.44. The molecule has 0 aromatic carbocycles. The molecule has 7 nitrogen and oxygen atoms in total. The van der Waals surface area contributed by atoms with Gasteiger partial charge in [0.2, 0.25) is 5.76 Å². The van der Waals surface area contributed by atoms with Crippen molar-refractivity contribution < 1.29 is 9.32 Å². The predicted molar refractivity (Wildman–Crippen MR) is 87.8 cm³/mol. The van der Waals surface area contributed by atoms with Gasteiger partial charge in [-0.15, -0.1) is 0 Å². The standard InChI is InChI=1S/C17H21N5O2/c1-11-9-14(24-21-11)17(23)22-8-2-3-13(10-22)19-15-6-7-18-16(20-15)12-4-5-12/h6-7,9,12-13H,2-5,8,10H2,1H3,(H,18,19,20)/t13-/m1/s1. The summed E-state index contributed by atoms with van der Waals surface area (Å²) in [7, 11) is 0. The molecule has 2 aromatic heterocycles. The van der Waals surface area contributed by atoms with Crippen molar-refractivity contribution in [1.29, 1.82) is 0 Å². The summed E-state index contributed by atoms with van der Waals surface area (Å²) in [5.74, 6) is 2.53. The summed E-state index contributed by atoms with van der Waals surface area (Å²) >= 11 is 0. The minimum absolute atomic E-state index is 0.0940. The van der Waals surface area contributed by atoms with Crippen molar-refractivity contribution in [2.75, 3.05) is 18.4 Å². The second-order valence-electron chi connectivity index (χ2n) is 6.64. The van der Waals surface area contributed by atoms with Crippen LogP contribution in [0.15, 0.2) is 22.9 Å². The van der Waals surface area contributed by atoms with Crippen LogP contribution >= 0.6 is 0 Å². The molecule has 2 aliphatic rings. The van der Waals surface area contributed by atoms with E-state index in [9.17, 15) is 4.79 Å². The summed E-state index contributed by atoms with van der Waals surface area (Å²) in [6, 6.07) is 3.77. The van der Waals surface area contributed by atoms with Gasteiger partial charge < -0.3 is 14.7 Å². The first-order valence-electron chi connectivity index (χ1n) is 8.51. The lowest BCUT2D eigenvalue weighted by Crippen LogP contribution is -2.45. The molecule has 1 aliphatic carbocycles. The van der Waals surface area contributed by atoms with E-state index in [1.165, 1.54) is 12.8 Å². The maximum Gasteiger partial charge on any atom is 0.292 e. The van der Waals surface area contributed by atoms with E-state index >= 15 is 0 Å². The quantitative estimate of drug-likeness (QED) is 0.928. The highest BCUT2D eigenvalue weighted by Gasteiger charge is 2.28. The maximum atomic E-state index is 12.5. The van der Waals surface area contributed by atoms with E-state index < -0.39 is 0 Å². The number of hydrogen-bond donors (Lipinski definition) is 1. The number of carbonyl (C=O) groups is 1. The Morgan fingerprint density at radius 2 is 2.25 bits per heavy atom. The van der Waals surface area contributed by atoms with E-state index in [2.05, 4.69) is 20.4 Å². The van der Waals surface area contributed by atoms with Crippen LogP contribution in [0.2, 0.25) is 0 Å². The molecule has 1 N–H and O–H groups in total. The van der Waals surface area contributed by atoms with Gasteiger partial charge in [-0.3, -0.25) is 4.79 Å². The molecule has 7 heteroatoms. The van der Waals surface area contributed by atoms with E-state index in [1.807, 2.05) is 24.1 Å². The van der Waals surface area contributed by atoms with Crippen LogP contribution in [0.1, 0.15) is 53.7 Å². The number of rotatable bonds is 4. The Bertz CT molecular complexity index is 740. The highest BCUT2D eigenvalue weighted by atomic mass is 16.5. The molecule has 0 unspecified atom stereocenters. The van der Waals surface area contributed by atoms with Crippen LogP contribution in [-0.2, 0) is 0 Å². The fraction of sp³-hybridized carbons (Fsp3) is 0.529. The van der Waals surface area contributed by atoms with Crippen LogP contribution in [0.5, 0.6) is 0 Å². The Kier molecular flexibility index (Phi) is 3.92. The zero-order chi connectivity index (χ0) is 16.5. The smallest absolute Gasteiger partial charge is 0.292 e. The van der Waals surface area contributed by atoms with Gasteiger partial charge in [0.05, 0.1) is 5.69 Å². The third-order valence-electron chi connectivity index (χ3n) is 4.52. The number of hydrogen-bond acceptors (Lipinski definition) is 6. The van der Waals surface area contributed by atoms with Crippen molar-refractivity contribution in [2.45, 2.75) is 44.6 Å². The van der Waals surface area contributed by atoms with Crippen molar-refractivity contribution >= 4 is 11.7 Å². The largest absolute Gasteiger partial charge is 0.365 e. The minimum Gasteiger partial charge on any atom is -0.365 e. The van der Waals surface area contributed by atoms with Crippen LogP contribution in [0.25, 0.3) is 0 Å². The molecule has 0 spiro atoms. The molecular weight excluding hydrogens is 306 g/mol. The summed E-state index contributed by atoms with van der Waals surface area (Å²) in [5, 5.41) is 7.25. The van der Waals surface area contributed by atoms with Gasteiger partial charge in [-0.1, -0.05) is 5.16 Å². The summed E-state index contributed by atoms with van der Waals surface area (Å²) in [6.07, 6.45) is 6.16. The second kappa shape index (κ2) is 6.22. The van der Waals surface area contributed by atoms with Gasteiger partial charge in [0.1, 0.15) is 11.6 Å². The van der Waals surface area contributed by atoms with Gasteiger partial charge in [-0.05, 0) is 38.7 Å². The Labute approximate surface area is 140 Å². The molecule has 1 atom stereocenters. The summed E-state index contributed by atoms with van der Waals surface area (Å²) in [5.41, 5.74) is 0.721. The number of nitrogens with one attached hydrogen (secondary N) is 1. The first-order valence-corrected chi connectivity index (χ1v) is 8.51. The van der Waals surface area contributed by atoms with Crippen LogP contribution in [0.4, 0.5) is 5.82 Å². The van der Waals surface area contributed by atoms with Gasteiger partial charge in [-0.2, -0.15) is 0 Å². The Morgan fingerprint density at radius 1 is 1.38 bits per heavy atom. The molecule has 4 rings (SSSR count). The molecule has 2 aromatic rings. The lowest BCUT2D eigenvalue weighted by Gasteiger charge is -2.32. The van der Waals surface area contributed by atoms with E-state index in [-0.39, 0.29) is 11.9 Å². The number of aryl methyl sites for hydroxylation is 1. The SMILES string of the molecule is Cc1cc(C(=O)N2CCC[C@@H](Nc3ccnc(C4CC4)n3)C2)on1. The van der Waals surface area contributed by atoms with Gasteiger partial charge >= 0.3 is 0 Å². The third-order valence-corrected chi connectivity index (χ3v) is 4.52. The van der Waals surface area contributed by atoms with Crippen molar-refractivity contribution in [1.82, 2.24) is 20.0 Å². The number of piperidine rings is 1. The van der Waals surface area contributed by atoms with E-state index in [4.69, 9.17) is 4.52 Å². The molecule has 3 heterocycles. The number of likely N-dealkylation sites (tertiary alicyclic amines) is 1. The second-order valence-corrected chi connectivity index (χ2v) is 6.64. The molecule has 1 aliphatic heterocycles. The van der Waals surface area contributed by atoms with Crippen molar-refractivity contribution in [3.8, 4) is 0 Å². The van der Waals surface area contributed by atoms with Gasteiger partial charge in [0.15, 0.2) is 0 Å². The molecule has 1 amide bonds. The first-order chi connectivity index (χ1) is 11.7. The molecule has 0 radical (unpaired) electrons. The molecule has 126 valence electrons. The molecular formula is C17H21N5O2. The Morgan fingerprint density at radius 3 is 3.00 bits per heavy atom. The average Bonchev–Trinajstić information content (AvgIpc) is 3.36. The zero-order valence-electron chi connectivity index (χ0n) is 13.7. The van der Waals surface area contributed by atoms with Crippen LogP contribution in [0.3, 0.4) is 0 Å². The average molecular weight is 327 g/mol. The Balaban J connectivity index is 1.41. The highest BCUT2D eigenvalue weighted by Crippen LogP contribution is 2.38. The summed E-state index contributed by atoms with van der Waals surface area (Å²) < 4.78 is 5.10. The molecule has 2 fully saturated rings. The fourth-order valence-corrected chi connectivity index (χ4v) is 3.10. The van der Waals surface area contributed by atoms with Crippen molar-refractivity contribution in [3.05, 3.63) is 35.6 Å². The van der Waals surface area contributed by atoms with Gasteiger partial charge in [0, 0.05) is 37.3 Å². The predicted octanol–water partition coefficient (Wildman–Crippen LogP) is 2.37. The highest BCUT2D eigenvalue weighted by molar-refractivity contribution is 5.91. The van der Waals surface area contributed by atoms with Crippen molar-refractivity contribution in [3.63, 3.8) is 0 Å². The molecule has 1 saturated carbocycles. The number of aromatic nitrogens is 3. The third kappa shape index (κ3) is 3.25. The minimum atomic E-state index is -0.0940. The molecule has 24 heavy (non-hydrogen) atoms. The lowest BCUT2D eigenvalue weighted by molar-refractivity contribution is 0.0672. The normalized spacial score (nSPS) is 20.9. The molecule has 0 bridgehead atoms. The number of amides is 1. The summed E-state index contributed by atoms with van der Waals surface area (Å²) in [6.45, 7) is 3.20. The summed E-state index contributed by atoms with van der Waals surface area (Å²) in [4.78, 5) is 23.3. The lowest BCUT2D eigenvalue weighted by atomic mass is 10.1. The van der Waals surface area contributed by atoms with E-state index in [0.29, 0.717) is 18.2 Å². The van der Waals surface area contributed by atoms with Crippen LogP contribution in [-0.4, -0.2) is 45.1 Å². The monoisotopic (exact) mass is 327 g/mol. The topological polar surface area (TPSA) is 84.2 Å². The van der Waals surface area contributed by atoms with Gasteiger partial charge in [-0.25, -0.2) is 9.97 Å². The maximum absolute atomic E-state index is 12.5. The fourth-order valence-electron chi connectivity index (χ4n) is 3.10. The molecule has 1 saturated heterocycles. The first kappa shape index (κ1) is 15.1. The number of carbonyl (C=O) groups excluding carboxylic acids is 1. The van der Waals surface area contributed by atoms with Crippen LogP contribution < -0.4 is 5.32 Å². The number of anilines is 1. The van der Waals surface area contributed by atoms with Crippen molar-refractivity contribution in [2.24, 2.45) is 0 Å². The van der Waals surface area contributed by atoms with Crippen LogP contribution in [0, 0.1) is 6.92 Å². The van der Waals surface area contributed by atoms with E-state index in [1.54, 1.807) is 6.07 Å². The zero-order valence-corrected chi connectivity index (χ0v) is 13.7. The van der Waals surface area contributed by atoms with E-state index in [0.717, 1.165) is 36.7 Å². The number of nitrogens with zero attached hydrogens (tertiary/aromatic N) is 4. The van der Waals surface area contributed by atoms with Gasteiger partial charge in [0.25, 0.3) is 5.91 Å².